The van der Waals surface area contributed by atoms with Gasteiger partial charge in [-0.25, -0.2) is 4.79 Å². The number of carbonyl (C=O) groups is 1. The van der Waals surface area contributed by atoms with Gasteiger partial charge in [0.1, 0.15) is 0 Å². The summed E-state index contributed by atoms with van der Waals surface area (Å²) in [5.74, 6) is 0. The number of nitrogens with one attached hydrogen (secondary N) is 2. The third-order valence-corrected chi connectivity index (χ3v) is 3.32. The molecule has 0 heterocycles. The second-order valence-corrected chi connectivity index (χ2v) is 6.02. The van der Waals surface area contributed by atoms with Crippen molar-refractivity contribution in [2.75, 3.05) is 13.2 Å². The molecule has 2 amide bonds. The van der Waals surface area contributed by atoms with Crippen LogP contribution in [0.15, 0.2) is 24.3 Å². The van der Waals surface area contributed by atoms with Crippen LogP contribution in [0.3, 0.4) is 0 Å². The lowest BCUT2D eigenvalue weighted by Gasteiger charge is -2.21. The van der Waals surface area contributed by atoms with Crippen molar-refractivity contribution in [1.29, 1.82) is 0 Å². The van der Waals surface area contributed by atoms with Gasteiger partial charge in [-0.1, -0.05) is 43.7 Å². The Bertz CT molecular complexity index is 413. The average Bonchev–Trinajstić information content (AvgIpc) is 2.43. The first kappa shape index (κ1) is 16.5. The summed E-state index contributed by atoms with van der Waals surface area (Å²) in [6.45, 7) is 7.41. The SMILES string of the molecule is Cc1ccc(CNC(=O)NCCCC(C)(C)CO)cc1. The first-order valence-corrected chi connectivity index (χ1v) is 7.11. The second kappa shape index (κ2) is 7.90. The minimum atomic E-state index is -0.146. The van der Waals surface area contributed by atoms with Gasteiger partial charge >= 0.3 is 6.03 Å². The largest absolute Gasteiger partial charge is 0.396 e. The highest BCUT2D eigenvalue weighted by Crippen LogP contribution is 2.20. The van der Waals surface area contributed by atoms with Gasteiger partial charge in [-0.05, 0) is 30.7 Å². The summed E-state index contributed by atoms with van der Waals surface area (Å²) in [7, 11) is 0. The molecular weight excluding hydrogens is 252 g/mol. The molecule has 0 aromatic heterocycles. The van der Waals surface area contributed by atoms with Crippen molar-refractivity contribution >= 4 is 6.03 Å². The Morgan fingerprint density at radius 2 is 1.85 bits per heavy atom. The summed E-state index contributed by atoms with van der Waals surface area (Å²) in [5, 5.41) is 14.8. The number of rotatable bonds is 7. The summed E-state index contributed by atoms with van der Waals surface area (Å²) in [5.41, 5.74) is 2.23. The molecule has 0 aliphatic rings. The number of urea groups is 1. The van der Waals surface area contributed by atoms with Crippen molar-refractivity contribution in [3.8, 4) is 0 Å². The molecule has 0 radical (unpaired) electrons. The molecule has 4 heteroatoms. The van der Waals surface area contributed by atoms with Gasteiger partial charge in [0.25, 0.3) is 0 Å². The van der Waals surface area contributed by atoms with E-state index in [9.17, 15) is 4.79 Å². The van der Waals surface area contributed by atoms with Gasteiger partial charge in [0.05, 0.1) is 0 Å². The van der Waals surface area contributed by atoms with Crippen LogP contribution in [0.1, 0.15) is 37.8 Å². The van der Waals surface area contributed by atoms with Crippen LogP contribution in [0.5, 0.6) is 0 Å². The molecular formula is C16H26N2O2. The number of amides is 2. The molecule has 112 valence electrons. The van der Waals surface area contributed by atoms with Crippen LogP contribution in [0.25, 0.3) is 0 Å². The van der Waals surface area contributed by atoms with Crippen molar-refractivity contribution in [3.63, 3.8) is 0 Å². The Hall–Kier alpha value is -1.55. The lowest BCUT2D eigenvalue weighted by molar-refractivity contribution is 0.148. The third kappa shape index (κ3) is 6.57. The molecule has 0 bridgehead atoms. The zero-order valence-corrected chi connectivity index (χ0v) is 12.7. The summed E-state index contributed by atoms with van der Waals surface area (Å²) >= 11 is 0. The van der Waals surface area contributed by atoms with Gasteiger partial charge in [-0.15, -0.1) is 0 Å². The number of hydrogen-bond donors (Lipinski definition) is 3. The van der Waals surface area contributed by atoms with Crippen molar-refractivity contribution in [2.24, 2.45) is 5.41 Å². The van der Waals surface area contributed by atoms with Crippen LogP contribution >= 0.6 is 0 Å². The van der Waals surface area contributed by atoms with E-state index in [1.165, 1.54) is 5.56 Å². The average molecular weight is 278 g/mol. The Balaban J connectivity index is 2.16. The zero-order valence-electron chi connectivity index (χ0n) is 12.7. The first-order chi connectivity index (χ1) is 9.43. The highest BCUT2D eigenvalue weighted by Gasteiger charge is 2.15. The van der Waals surface area contributed by atoms with Crippen LogP contribution in [0, 0.1) is 12.3 Å². The number of aliphatic hydroxyl groups excluding tert-OH is 1. The van der Waals surface area contributed by atoms with Crippen LogP contribution in [-0.4, -0.2) is 24.3 Å². The predicted octanol–water partition coefficient (Wildman–Crippen LogP) is 2.59. The standard InChI is InChI=1S/C16H26N2O2/c1-13-5-7-14(8-6-13)11-18-15(20)17-10-4-9-16(2,3)12-19/h5-8,19H,4,9-12H2,1-3H3,(H2,17,18,20). The van der Waals surface area contributed by atoms with Crippen LogP contribution < -0.4 is 10.6 Å². The van der Waals surface area contributed by atoms with Gasteiger partial charge in [-0.3, -0.25) is 0 Å². The summed E-state index contributed by atoms with van der Waals surface area (Å²) in [4.78, 5) is 11.6. The fourth-order valence-corrected chi connectivity index (χ4v) is 1.80. The maximum Gasteiger partial charge on any atom is 0.315 e. The second-order valence-electron chi connectivity index (χ2n) is 6.02. The van der Waals surface area contributed by atoms with Crippen molar-refractivity contribution in [3.05, 3.63) is 35.4 Å². The molecule has 4 nitrogen and oxygen atoms in total. The van der Waals surface area contributed by atoms with Gasteiger partial charge in [0.2, 0.25) is 0 Å². The van der Waals surface area contributed by atoms with E-state index in [1.807, 2.05) is 45.0 Å². The third-order valence-electron chi connectivity index (χ3n) is 3.32. The molecule has 1 aromatic rings. The van der Waals surface area contributed by atoms with E-state index in [1.54, 1.807) is 0 Å². The highest BCUT2D eigenvalue weighted by molar-refractivity contribution is 5.73. The normalized spacial score (nSPS) is 11.2. The minimum Gasteiger partial charge on any atom is -0.396 e. The predicted molar refractivity (Wildman–Crippen MR) is 81.5 cm³/mol. The Morgan fingerprint density at radius 1 is 1.20 bits per heavy atom. The zero-order chi connectivity index (χ0) is 15.0. The monoisotopic (exact) mass is 278 g/mol. The van der Waals surface area contributed by atoms with Gasteiger partial charge in [-0.2, -0.15) is 0 Å². The number of hydrogen-bond acceptors (Lipinski definition) is 2. The minimum absolute atomic E-state index is 0.0694. The molecule has 1 aromatic carbocycles. The quantitative estimate of drug-likeness (QED) is 0.671. The van der Waals surface area contributed by atoms with E-state index in [0.29, 0.717) is 13.1 Å². The molecule has 0 atom stereocenters. The summed E-state index contributed by atoms with van der Waals surface area (Å²) in [6.07, 6.45) is 1.76. The van der Waals surface area contributed by atoms with Crippen molar-refractivity contribution in [2.45, 2.75) is 40.2 Å². The number of benzene rings is 1. The van der Waals surface area contributed by atoms with Crippen LogP contribution in [0.2, 0.25) is 0 Å². The maximum absolute atomic E-state index is 11.6. The Labute approximate surface area is 121 Å². The smallest absolute Gasteiger partial charge is 0.315 e. The highest BCUT2D eigenvalue weighted by atomic mass is 16.3. The first-order valence-electron chi connectivity index (χ1n) is 7.11. The molecule has 3 N–H and O–H groups in total. The van der Waals surface area contributed by atoms with Gasteiger partial charge in [0.15, 0.2) is 0 Å². The van der Waals surface area contributed by atoms with Crippen LogP contribution in [-0.2, 0) is 6.54 Å². The molecule has 0 fully saturated rings. The molecule has 0 spiro atoms. The van der Waals surface area contributed by atoms with E-state index in [-0.39, 0.29) is 18.1 Å². The van der Waals surface area contributed by atoms with Crippen molar-refractivity contribution < 1.29 is 9.90 Å². The molecule has 0 unspecified atom stereocenters. The molecule has 0 aliphatic carbocycles. The molecule has 20 heavy (non-hydrogen) atoms. The van der Waals surface area contributed by atoms with E-state index >= 15 is 0 Å². The summed E-state index contributed by atoms with van der Waals surface area (Å²) in [6, 6.07) is 7.95. The van der Waals surface area contributed by atoms with Gasteiger partial charge in [0, 0.05) is 19.7 Å². The fraction of sp³-hybridized carbons (Fsp3) is 0.562. The van der Waals surface area contributed by atoms with E-state index in [2.05, 4.69) is 10.6 Å². The lowest BCUT2D eigenvalue weighted by Crippen LogP contribution is -2.36. The van der Waals surface area contributed by atoms with Gasteiger partial charge < -0.3 is 15.7 Å². The fourth-order valence-electron chi connectivity index (χ4n) is 1.80. The van der Waals surface area contributed by atoms with Crippen molar-refractivity contribution in [1.82, 2.24) is 10.6 Å². The number of aliphatic hydroxyl groups is 1. The molecule has 0 saturated heterocycles. The molecule has 0 saturated carbocycles. The topological polar surface area (TPSA) is 61.4 Å². The molecule has 0 aliphatic heterocycles. The van der Waals surface area contributed by atoms with E-state index in [0.717, 1.165) is 18.4 Å². The summed E-state index contributed by atoms with van der Waals surface area (Å²) < 4.78 is 0. The Kier molecular flexibility index (Phi) is 6.52. The number of carbonyl (C=O) groups excluding carboxylic acids is 1. The maximum atomic E-state index is 11.6. The Morgan fingerprint density at radius 3 is 2.45 bits per heavy atom. The lowest BCUT2D eigenvalue weighted by atomic mass is 9.89. The van der Waals surface area contributed by atoms with E-state index < -0.39 is 0 Å². The molecule has 1 rings (SSSR count). The van der Waals surface area contributed by atoms with Crippen LogP contribution in [0.4, 0.5) is 4.79 Å². The number of aryl methyl sites for hydroxylation is 1. The van der Waals surface area contributed by atoms with E-state index in [4.69, 9.17) is 5.11 Å².